The van der Waals surface area contributed by atoms with E-state index in [-0.39, 0.29) is 17.0 Å². The predicted octanol–water partition coefficient (Wildman–Crippen LogP) is 1.37. The number of nitriles is 1. The van der Waals surface area contributed by atoms with Crippen LogP contribution in [0.4, 0.5) is 0 Å². The number of rotatable bonds is 3. The molecule has 2 aromatic rings. The topological polar surface area (TPSA) is 108 Å². The lowest BCUT2D eigenvalue weighted by Gasteiger charge is -2.10. The molecule has 102 valence electrons. The highest BCUT2D eigenvalue weighted by Crippen LogP contribution is 2.35. The average molecular weight is 273 g/mol. The number of aromatic carboxylic acids is 1. The number of aromatic nitrogens is 2. The second-order valence-corrected chi connectivity index (χ2v) is 4.03. The van der Waals surface area contributed by atoms with Crippen molar-refractivity contribution < 1.29 is 19.7 Å². The van der Waals surface area contributed by atoms with Crippen LogP contribution in [0, 0.1) is 11.3 Å². The summed E-state index contributed by atoms with van der Waals surface area (Å²) in [5, 5.41) is 31.4. The number of phenolic OH excluding ortho intramolecular Hbond substituents is 1. The summed E-state index contributed by atoms with van der Waals surface area (Å²) in [6.07, 6.45) is 0. The van der Waals surface area contributed by atoms with Crippen molar-refractivity contribution in [2.24, 2.45) is 7.05 Å². The Morgan fingerprint density at radius 3 is 2.65 bits per heavy atom. The Morgan fingerprint density at radius 2 is 2.15 bits per heavy atom. The lowest BCUT2D eigenvalue weighted by Crippen LogP contribution is -1.99. The van der Waals surface area contributed by atoms with Crippen LogP contribution in [-0.4, -0.2) is 33.1 Å². The van der Waals surface area contributed by atoms with E-state index in [1.165, 1.54) is 30.0 Å². The van der Waals surface area contributed by atoms with Crippen molar-refractivity contribution in [2.75, 3.05) is 7.11 Å². The molecule has 7 heteroatoms. The number of methoxy groups -OCH3 is 1. The molecule has 0 radical (unpaired) electrons. The second kappa shape index (κ2) is 4.93. The van der Waals surface area contributed by atoms with Crippen LogP contribution >= 0.6 is 0 Å². The van der Waals surface area contributed by atoms with Gasteiger partial charge in [-0.25, -0.2) is 4.79 Å². The fourth-order valence-corrected chi connectivity index (χ4v) is 1.85. The van der Waals surface area contributed by atoms with Crippen LogP contribution in [0.25, 0.3) is 11.3 Å². The molecule has 7 nitrogen and oxygen atoms in total. The fourth-order valence-electron chi connectivity index (χ4n) is 1.85. The molecular formula is C13H11N3O4. The zero-order valence-corrected chi connectivity index (χ0v) is 10.8. The van der Waals surface area contributed by atoms with E-state index in [1.54, 1.807) is 7.05 Å². The summed E-state index contributed by atoms with van der Waals surface area (Å²) in [6.45, 7) is 0. The molecule has 1 aromatic heterocycles. The van der Waals surface area contributed by atoms with Crippen molar-refractivity contribution >= 4 is 5.97 Å². The SMILES string of the molecule is COc1cc(O)c(C#N)cc1-c1cc(C(=O)O)nn1C. The lowest BCUT2D eigenvalue weighted by atomic mass is 10.1. The van der Waals surface area contributed by atoms with Crippen molar-refractivity contribution in [1.82, 2.24) is 9.78 Å². The molecule has 2 N–H and O–H groups in total. The quantitative estimate of drug-likeness (QED) is 0.874. The molecule has 0 spiro atoms. The number of ether oxygens (including phenoxy) is 1. The van der Waals surface area contributed by atoms with Gasteiger partial charge in [0.25, 0.3) is 0 Å². The highest BCUT2D eigenvalue weighted by molar-refractivity contribution is 5.87. The minimum atomic E-state index is -1.15. The van der Waals surface area contributed by atoms with Crippen LogP contribution in [0.15, 0.2) is 18.2 Å². The Bertz CT molecular complexity index is 728. The summed E-state index contributed by atoms with van der Waals surface area (Å²) in [6, 6.07) is 5.96. The molecule has 0 bridgehead atoms. The molecule has 0 atom stereocenters. The van der Waals surface area contributed by atoms with Crippen molar-refractivity contribution in [3.05, 3.63) is 29.5 Å². The van der Waals surface area contributed by atoms with Gasteiger partial charge < -0.3 is 14.9 Å². The van der Waals surface area contributed by atoms with E-state index in [1.807, 2.05) is 6.07 Å². The number of carboxylic acids is 1. The van der Waals surface area contributed by atoms with Crippen LogP contribution in [0.5, 0.6) is 11.5 Å². The third-order valence-electron chi connectivity index (χ3n) is 2.81. The van der Waals surface area contributed by atoms with Gasteiger partial charge in [0.05, 0.1) is 18.4 Å². The van der Waals surface area contributed by atoms with Gasteiger partial charge in [0.15, 0.2) is 5.69 Å². The lowest BCUT2D eigenvalue weighted by molar-refractivity contribution is 0.0689. The molecule has 0 fully saturated rings. The van der Waals surface area contributed by atoms with Crippen LogP contribution in [-0.2, 0) is 7.05 Å². The summed E-state index contributed by atoms with van der Waals surface area (Å²) in [7, 11) is 3.00. The normalized spacial score (nSPS) is 10.1. The predicted molar refractivity (Wildman–Crippen MR) is 68.5 cm³/mol. The first-order valence-corrected chi connectivity index (χ1v) is 5.56. The van der Waals surface area contributed by atoms with Gasteiger partial charge in [0, 0.05) is 18.7 Å². The molecule has 0 saturated heterocycles. The minimum absolute atomic E-state index is 0.0684. The molecule has 0 aliphatic heterocycles. The zero-order chi connectivity index (χ0) is 14.9. The molecule has 0 amide bonds. The van der Waals surface area contributed by atoms with E-state index < -0.39 is 5.97 Å². The number of nitrogens with zero attached hydrogens (tertiary/aromatic N) is 3. The van der Waals surface area contributed by atoms with Gasteiger partial charge in [-0.2, -0.15) is 10.4 Å². The zero-order valence-electron chi connectivity index (χ0n) is 10.8. The summed E-state index contributed by atoms with van der Waals surface area (Å²) >= 11 is 0. The summed E-state index contributed by atoms with van der Waals surface area (Å²) < 4.78 is 6.52. The number of hydrogen-bond acceptors (Lipinski definition) is 5. The molecule has 0 aliphatic rings. The first-order chi connectivity index (χ1) is 9.47. The molecule has 20 heavy (non-hydrogen) atoms. The maximum Gasteiger partial charge on any atom is 0.356 e. The molecule has 1 aromatic carbocycles. The number of carboxylic acid groups (broad SMARTS) is 1. The molecule has 0 saturated carbocycles. The Labute approximate surface area is 114 Å². The minimum Gasteiger partial charge on any atom is -0.506 e. The molecule has 0 unspecified atom stereocenters. The summed E-state index contributed by atoms with van der Waals surface area (Å²) in [5.41, 5.74) is 0.898. The maximum atomic E-state index is 10.9. The first-order valence-electron chi connectivity index (χ1n) is 5.56. The van der Waals surface area contributed by atoms with E-state index in [0.29, 0.717) is 17.0 Å². The highest BCUT2D eigenvalue weighted by atomic mass is 16.5. The Morgan fingerprint density at radius 1 is 1.45 bits per heavy atom. The molecule has 1 heterocycles. The van der Waals surface area contributed by atoms with E-state index in [9.17, 15) is 9.90 Å². The Hall–Kier alpha value is -3.01. The monoisotopic (exact) mass is 273 g/mol. The van der Waals surface area contributed by atoms with Gasteiger partial charge in [-0.1, -0.05) is 0 Å². The van der Waals surface area contributed by atoms with Gasteiger partial charge in [-0.3, -0.25) is 4.68 Å². The van der Waals surface area contributed by atoms with Gasteiger partial charge >= 0.3 is 5.97 Å². The largest absolute Gasteiger partial charge is 0.506 e. The van der Waals surface area contributed by atoms with Crippen molar-refractivity contribution in [1.29, 1.82) is 5.26 Å². The number of phenols is 1. The van der Waals surface area contributed by atoms with Gasteiger partial charge in [-0.15, -0.1) is 0 Å². The van der Waals surface area contributed by atoms with E-state index >= 15 is 0 Å². The Kier molecular flexibility index (Phi) is 3.31. The Balaban J connectivity index is 2.68. The average Bonchev–Trinajstić information content (AvgIpc) is 2.80. The number of benzene rings is 1. The maximum absolute atomic E-state index is 10.9. The second-order valence-electron chi connectivity index (χ2n) is 4.03. The van der Waals surface area contributed by atoms with Gasteiger partial charge in [-0.05, 0) is 12.1 Å². The van der Waals surface area contributed by atoms with E-state index in [4.69, 9.17) is 15.1 Å². The third kappa shape index (κ3) is 2.14. The van der Waals surface area contributed by atoms with Crippen molar-refractivity contribution in [3.63, 3.8) is 0 Å². The van der Waals surface area contributed by atoms with E-state index in [2.05, 4.69) is 5.10 Å². The van der Waals surface area contributed by atoms with E-state index in [0.717, 1.165) is 0 Å². The standard InChI is InChI=1S/C13H11N3O4/c1-16-10(4-9(15-16)13(18)19)8-3-7(6-14)11(17)5-12(8)20-2/h3-5,17H,1-2H3,(H,18,19). The van der Waals surface area contributed by atoms with Gasteiger partial charge in [0.1, 0.15) is 17.6 Å². The van der Waals surface area contributed by atoms with Crippen LogP contribution < -0.4 is 4.74 Å². The molecule has 2 rings (SSSR count). The smallest absolute Gasteiger partial charge is 0.356 e. The van der Waals surface area contributed by atoms with Gasteiger partial charge in [0.2, 0.25) is 0 Å². The van der Waals surface area contributed by atoms with Crippen LogP contribution in [0.2, 0.25) is 0 Å². The number of hydrogen-bond donors (Lipinski definition) is 2. The molecular weight excluding hydrogens is 262 g/mol. The van der Waals surface area contributed by atoms with Crippen molar-refractivity contribution in [2.45, 2.75) is 0 Å². The third-order valence-corrected chi connectivity index (χ3v) is 2.81. The van der Waals surface area contributed by atoms with Crippen LogP contribution in [0.3, 0.4) is 0 Å². The highest BCUT2D eigenvalue weighted by Gasteiger charge is 2.18. The number of aryl methyl sites for hydroxylation is 1. The number of aromatic hydroxyl groups is 1. The first kappa shape index (κ1) is 13.4. The summed E-state index contributed by atoms with van der Waals surface area (Å²) in [5.74, 6) is -1.03. The summed E-state index contributed by atoms with van der Waals surface area (Å²) in [4.78, 5) is 10.9. The molecule has 0 aliphatic carbocycles. The van der Waals surface area contributed by atoms with Crippen LogP contribution in [0.1, 0.15) is 16.1 Å². The fraction of sp³-hybridized carbons (Fsp3) is 0.154. The number of carbonyl (C=O) groups is 1. The van der Waals surface area contributed by atoms with Crippen molar-refractivity contribution in [3.8, 4) is 28.8 Å².